The molecule has 9 nitrogen and oxygen atoms in total. The number of aromatic nitrogens is 3. The molecule has 0 spiro atoms. The van der Waals surface area contributed by atoms with Crippen molar-refractivity contribution in [3.05, 3.63) is 48.4 Å². The number of hydrogen-bond donors (Lipinski definition) is 0. The first kappa shape index (κ1) is 27.8. The molecule has 6 rings (SSSR count). The predicted octanol–water partition coefficient (Wildman–Crippen LogP) is 4.12. The second-order valence-electron chi connectivity index (χ2n) is 12.3. The zero-order valence-corrected chi connectivity index (χ0v) is 24.7. The maximum absolute atomic E-state index is 13.0. The number of rotatable bonds is 8. The lowest BCUT2D eigenvalue weighted by molar-refractivity contribution is -0.140. The molecule has 218 valence electrons. The molecule has 0 radical (unpaired) electrons. The van der Waals surface area contributed by atoms with E-state index in [1.54, 1.807) is 0 Å². The summed E-state index contributed by atoms with van der Waals surface area (Å²) in [7, 11) is 1.83. The molecule has 0 bridgehead atoms. The molecule has 0 aromatic carbocycles. The Morgan fingerprint density at radius 3 is 2.51 bits per heavy atom. The Hall–Kier alpha value is -3.30. The minimum absolute atomic E-state index is 0.166. The van der Waals surface area contributed by atoms with E-state index in [1.165, 1.54) is 0 Å². The third-order valence-electron chi connectivity index (χ3n) is 9.70. The number of aliphatic imine (C=N–C) groups is 1. The molecule has 9 heteroatoms. The van der Waals surface area contributed by atoms with Crippen LogP contribution in [0.3, 0.4) is 0 Å². The third kappa shape index (κ3) is 5.37. The van der Waals surface area contributed by atoms with Crippen molar-refractivity contribution in [2.45, 2.75) is 51.2 Å². The van der Waals surface area contributed by atoms with Gasteiger partial charge in [0, 0.05) is 94.6 Å². The molecular weight excluding hydrogens is 514 g/mol. The Morgan fingerprint density at radius 1 is 1.12 bits per heavy atom. The van der Waals surface area contributed by atoms with E-state index in [0.29, 0.717) is 17.9 Å². The molecule has 1 aliphatic carbocycles. The molecule has 3 fully saturated rings. The summed E-state index contributed by atoms with van der Waals surface area (Å²) in [5.74, 6) is 1.01. The number of anilines is 1. The van der Waals surface area contributed by atoms with Crippen LogP contribution in [0.4, 0.5) is 5.69 Å². The fraction of sp³-hybridized carbons (Fsp3) is 0.562. The Bertz CT molecular complexity index is 1360. The second-order valence-corrected chi connectivity index (χ2v) is 12.3. The Kier molecular flexibility index (Phi) is 7.83. The highest BCUT2D eigenvalue weighted by atomic mass is 16.5. The molecule has 1 amide bonds. The number of likely N-dealkylation sites (tertiary alicyclic amines) is 1. The minimum Gasteiger partial charge on any atom is -0.373 e. The lowest BCUT2D eigenvalue weighted by atomic mass is 9.74. The van der Waals surface area contributed by atoms with Crippen LogP contribution in [0.1, 0.15) is 45.1 Å². The minimum atomic E-state index is -0.274. The number of piperazine rings is 1. The molecule has 2 saturated heterocycles. The first-order chi connectivity index (χ1) is 19.9. The third-order valence-corrected chi connectivity index (χ3v) is 9.70. The van der Waals surface area contributed by atoms with E-state index in [2.05, 4.69) is 70.9 Å². The maximum Gasteiger partial charge on any atom is 0.225 e. The molecule has 0 N–H and O–H groups in total. The van der Waals surface area contributed by atoms with Gasteiger partial charge in [-0.2, -0.15) is 5.10 Å². The number of nitrogens with zero attached hydrogens (tertiary/aromatic N) is 7. The quantitative estimate of drug-likeness (QED) is 0.388. The van der Waals surface area contributed by atoms with Crippen LogP contribution < -0.4 is 4.90 Å². The first-order valence-corrected chi connectivity index (χ1v) is 15.1. The highest BCUT2D eigenvalue weighted by Crippen LogP contribution is 2.38. The second kappa shape index (κ2) is 11.5. The molecule has 0 atom stereocenters. The summed E-state index contributed by atoms with van der Waals surface area (Å²) in [4.78, 5) is 28.8. The summed E-state index contributed by atoms with van der Waals surface area (Å²) in [6, 6.07) is 9.11. The van der Waals surface area contributed by atoms with Crippen LogP contribution in [0.5, 0.6) is 0 Å². The molecule has 3 aromatic rings. The average molecular weight is 558 g/mol. The highest BCUT2D eigenvalue weighted by molar-refractivity contribution is 5.81. The van der Waals surface area contributed by atoms with Gasteiger partial charge in [0.05, 0.1) is 22.5 Å². The van der Waals surface area contributed by atoms with Gasteiger partial charge in [-0.25, -0.2) is 4.52 Å². The molecule has 5 heterocycles. The molecule has 3 aliphatic rings. The number of methoxy groups -OCH3 is 1. The lowest BCUT2D eigenvalue weighted by Gasteiger charge is -2.42. The van der Waals surface area contributed by atoms with Crippen LogP contribution in [-0.2, 0) is 15.1 Å². The van der Waals surface area contributed by atoms with Crippen molar-refractivity contribution in [3.63, 3.8) is 0 Å². The summed E-state index contributed by atoms with van der Waals surface area (Å²) in [6.45, 7) is 14.1. The van der Waals surface area contributed by atoms with Gasteiger partial charge in [-0.15, -0.1) is 0 Å². The number of piperidine rings is 1. The van der Waals surface area contributed by atoms with Crippen molar-refractivity contribution in [1.29, 1.82) is 0 Å². The molecule has 3 aromatic heterocycles. The number of fused-ring (bicyclic) bond motifs is 1. The van der Waals surface area contributed by atoms with E-state index >= 15 is 0 Å². The summed E-state index contributed by atoms with van der Waals surface area (Å²) in [5, 5.41) is 4.59. The fourth-order valence-electron chi connectivity index (χ4n) is 6.95. The standard InChI is InChI=1S/C32H43N7O2/c1-23(2)36-11-8-32(41-4,9-12-36)27-5-6-28(34-21-27)26-19-30-29(7-10-35-39(30)22-26)37-13-15-38(16-14-37)31(40)25-17-24(18-25)20-33-3/h5-7,10,19,21-25H,3,8-9,11-18,20H2,1-2,4H3/t24-,25-. The predicted molar refractivity (Wildman–Crippen MR) is 162 cm³/mol. The Morgan fingerprint density at radius 2 is 1.88 bits per heavy atom. The normalized spacial score (nSPS) is 23.1. The van der Waals surface area contributed by atoms with E-state index < -0.39 is 0 Å². The van der Waals surface area contributed by atoms with Crippen molar-refractivity contribution in [2.24, 2.45) is 16.8 Å². The fourth-order valence-corrected chi connectivity index (χ4v) is 6.95. The van der Waals surface area contributed by atoms with Gasteiger partial charge in [-0.1, -0.05) is 6.07 Å². The molecule has 2 aliphatic heterocycles. The zero-order valence-electron chi connectivity index (χ0n) is 24.7. The van der Waals surface area contributed by atoms with E-state index in [9.17, 15) is 4.79 Å². The summed E-state index contributed by atoms with van der Waals surface area (Å²) < 4.78 is 8.05. The van der Waals surface area contributed by atoms with Crippen molar-refractivity contribution in [2.75, 3.05) is 57.8 Å². The van der Waals surface area contributed by atoms with Crippen LogP contribution in [0.15, 0.2) is 47.8 Å². The van der Waals surface area contributed by atoms with Crippen LogP contribution in [0.2, 0.25) is 0 Å². The van der Waals surface area contributed by atoms with Crippen LogP contribution in [-0.4, -0.2) is 96.0 Å². The lowest BCUT2D eigenvalue weighted by Crippen LogP contribution is -2.52. The van der Waals surface area contributed by atoms with Gasteiger partial charge in [0.25, 0.3) is 0 Å². The van der Waals surface area contributed by atoms with Gasteiger partial charge in [0.15, 0.2) is 0 Å². The van der Waals surface area contributed by atoms with Crippen LogP contribution >= 0.6 is 0 Å². The summed E-state index contributed by atoms with van der Waals surface area (Å²) >= 11 is 0. The zero-order chi connectivity index (χ0) is 28.6. The van der Waals surface area contributed by atoms with Gasteiger partial charge in [0.1, 0.15) is 0 Å². The van der Waals surface area contributed by atoms with Gasteiger partial charge in [0.2, 0.25) is 5.91 Å². The van der Waals surface area contributed by atoms with Crippen LogP contribution in [0.25, 0.3) is 16.8 Å². The summed E-state index contributed by atoms with van der Waals surface area (Å²) in [5.41, 5.74) is 5.05. The SMILES string of the molecule is C=NC[C@H]1C[C@H](C(=O)N2CCN(c3ccnn4cc(-c5ccc(C6(OC)CCN(C(C)C)CC6)cn5)cc34)CC2)C1. The van der Waals surface area contributed by atoms with Gasteiger partial charge >= 0.3 is 0 Å². The highest BCUT2D eigenvalue weighted by Gasteiger charge is 2.38. The van der Waals surface area contributed by atoms with Gasteiger partial charge < -0.3 is 24.4 Å². The number of carbonyl (C=O) groups is 1. The topological polar surface area (TPSA) is 78.6 Å². The molecule has 0 unspecified atom stereocenters. The summed E-state index contributed by atoms with van der Waals surface area (Å²) in [6.07, 6.45) is 9.75. The van der Waals surface area contributed by atoms with Crippen molar-refractivity contribution in [1.82, 2.24) is 24.4 Å². The number of hydrogen-bond acceptors (Lipinski definition) is 7. The monoisotopic (exact) mass is 557 g/mol. The number of carbonyl (C=O) groups excluding carboxylic acids is 1. The largest absolute Gasteiger partial charge is 0.373 e. The molecular formula is C32H43N7O2. The van der Waals surface area contributed by atoms with E-state index in [-0.39, 0.29) is 11.5 Å². The number of amides is 1. The van der Waals surface area contributed by atoms with Gasteiger partial charge in [-0.3, -0.25) is 9.78 Å². The van der Waals surface area contributed by atoms with E-state index in [0.717, 1.165) is 99.5 Å². The Balaban J connectivity index is 1.13. The van der Waals surface area contributed by atoms with Crippen LogP contribution in [0, 0.1) is 11.8 Å². The van der Waals surface area contributed by atoms with Gasteiger partial charge in [-0.05, 0) is 70.4 Å². The van der Waals surface area contributed by atoms with E-state index in [4.69, 9.17) is 9.72 Å². The molecule has 41 heavy (non-hydrogen) atoms. The van der Waals surface area contributed by atoms with Crippen molar-refractivity contribution >= 4 is 23.8 Å². The number of pyridine rings is 1. The molecule has 1 saturated carbocycles. The maximum atomic E-state index is 13.0. The number of ether oxygens (including phenoxy) is 1. The Labute approximate surface area is 243 Å². The first-order valence-electron chi connectivity index (χ1n) is 15.1. The average Bonchev–Trinajstić information content (AvgIpc) is 3.43. The van der Waals surface area contributed by atoms with Crippen molar-refractivity contribution in [3.8, 4) is 11.3 Å². The smallest absolute Gasteiger partial charge is 0.225 e. The van der Waals surface area contributed by atoms with Crippen molar-refractivity contribution < 1.29 is 9.53 Å². The van der Waals surface area contributed by atoms with E-state index in [1.807, 2.05) is 28.9 Å².